The Hall–Kier alpha value is -0.920. The summed E-state index contributed by atoms with van der Waals surface area (Å²) in [6.07, 6.45) is 16.5. The molecule has 0 atom stereocenters. The van der Waals surface area contributed by atoms with Crippen molar-refractivity contribution < 1.29 is 4.74 Å². The molecule has 0 fully saturated rings. The highest BCUT2D eigenvalue weighted by Crippen LogP contribution is 2.01. The molecule has 0 radical (unpaired) electrons. The maximum Gasteiger partial charge on any atom is 0.0466 e. The average Bonchev–Trinajstić information content (AvgIpc) is 2.57. The van der Waals surface area contributed by atoms with Crippen molar-refractivity contribution in [1.82, 2.24) is 0 Å². The van der Waals surface area contributed by atoms with Gasteiger partial charge in [0.05, 0.1) is 0 Å². The van der Waals surface area contributed by atoms with E-state index >= 15 is 0 Å². The van der Waals surface area contributed by atoms with Gasteiger partial charge in [0.15, 0.2) is 0 Å². The summed E-state index contributed by atoms with van der Waals surface area (Å²) in [5.74, 6) is 13.1. The van der Waals surface area contributed by atoms with Gasteiger partial charge < -0.3 is 4.74 Å². The van der Waals surface area contributed by atoms with E-state index in [0.29, 0.717) is 0 Å². The molecule has 0 bridgehead atoms. The zero-order chi connectivity index (χ0) is 16.8. The monoisotopic (exact) mass is 318 g/mol. The summed E-state index contributed by atoms with van der Waals surface area (Å²) >= 11 is 0. The second kappa shape index (κ2) is 21.1. The summed E-state index contributed by atoms with van der Waals surface area (Å²) < 4.78 is 5.66. The second-order valence-corrected chi connectivity index (χ2v) is 6.15. The SMILES string of the molecule is CCCCCC#CCCCCOCCCCC#CCCCCC. The van der Waals surface area contributed by atoms with Crippen LogP contribution in [0.25, 0.3) is 0 Å². The smallest absolute Gasteiger partial charge is 0.0466 e. The Morgan fingerprint density at radius 3 is 1.17 bits per heavy atom. The molecule has 0 aliphatic carbocycles. The van der Waals surface area contributed by atoms with Gasteiger partial charge in [0, 0.05) is 38.9 Å². The van der Waals surface area contributed by atoms with Gasteiger partial charge in [-0.05, 0) is 38.5 Å². The fourth-order valence-electron chi connectivity index (χ4n) is 2.22. The van der Waals surface area contributed by atoms with Crippen LogP contribution in [0.1, 0.15) is 104 Å². The van der Waals surface area contributed by atoms with E-state index in [1.165, 1.54) is 51.4 Å². The predicted octanol–water partition coefficient (Wildman–Crippen LogP) is 6.51. The molecule has 0 aromatic carbocycles. The summed E-state index contributed by atoms with van der Waals surface area (Å²) in [4.78, 5) is 0. The first kappa shape index (κ1) is 22.1. The van der Waals surface area contributed by atoms with E-state index in [1.54, 1.807) is 0 Å². The minimum Gasteiger partial charge on any atom is -0.381 e. The van der Waals surface area contributed by atoms with Crippen molar-refractivity contribution in [2.45, 2.75) is 104 Å². The lowest BCUT2D eigenvalue weighted by Crippen LogP contribution is -1.96. The Kier molecular flexibility index (Phi) is 20.2. The summed E-state index contributed by atoms with van der Waals surface area (Å²) in [5, 5.41) is 0. The summed E-state index contributed by atoms with van der Waals surface area (Å²) in [6.45, 7) is 6.24. The van der Waals surface area contributed by atoms with Gasteiger partial charge in [-0.1, -0.05) is 39.5 Å². The Labute approximate surface area is 146 Å². The minimum atomic E-state index is 0.889. The molecule has 0 amide bonds. The average molecular weight is 319 g/mol. The second-order valence-electron chi connectivity index (χ2n) is 6.15. The van der Waals surface area contributed by atoms with Gasteiger partial charge in [0.25, 0.3) is 0 Å². The zero-order valence-corrected chi connectivity index (χ0v) is 15.7. The maximum absolute atomic E-state index is 5.66. The van der Waals surface area contributed by atoms with E-state index in [9.17, 15) is 0 Å². The highest BCUT2D eigenvalue weighted by molar-refractivity contribution is 4.98. The van der Waals surface area contributed by atoms with Crippen molar-refractivity contribution in [3.05, 3.63) is 0 Å². The van der Waals surface area contributed by atoms with Gasteiger partial charge in [-0.2, -0.15) is 0 Å². The summed E-state index contributed by atoms with van der Waals surface area (Å²) in [7, 11) is 0. The Bertz CT molecular complexity index is 302. The van der Waals surface area contributed by atoms with E-state index in [1.807, 2.05) is 0 Å². The van der Waals surface area contributed by atoms with Gasteiger partial charge in [-0.25, -0.2) is 0 Å². The molecule has 0 N–H and O–H groups in total. The quantitative estimate of drug-likeness (QED) is 0.262. The molecule has 132 valence electrons. The van der Waals surface area contributed by atoms with Crippen LogP contribution >= 0.6 is 0 Å². The Morgan fingerprint density at radius 2 is 0.826 bits per heavy atom. The molecule has 0 heterocycles. The van der Waals surface area contributed by atoms with E-state index in [-0.39, 0.29) is 0 Å². The normalized spacial score (nSPS) is 9.83. The third-order valence-corrected chi connectivity index (χ3v) is 3.74. The van der Waals surface area contributed by atoms with Crippen molar-refractivity contribution >= 4 is 0 Å². The van der Waals surface area contributed by atoms with Crippen LogP contribution in [0, 0.1) is 23.7 Å². The molecule has 0 saturated carbocycles. The third kappa shape index (κ3) is 21.1. The van der Waals surface area contributed by atoms with Crippen LogP contribution in [0.5, 0.6) is 0 Å². The van der Waals surface area contributed by atoms with Crippen LogP contribution in [0.3, 0.4) is 0 Å². The fourth-order valence-corrected chi connectivity index (χ4v) is 2.22. The van der Waals surface area contributed by atoms with E-state index in [2.05, 4.69) is 37.5 Å². The molecule has 0 aromatic heterocycles. The molecular formula is C22H38O. The van der Waals surface area contributed by atoms with Gasteiger partial charge in [-0.15, -0.1) is 23.7 Å². The van der Waals surface area contributed by atoms with Crippen LogP contribution < -0.4 is 0 Å². The largest absolute Gasteiger partial charge is 0.381 e. The zero-order valence-electron chi connectivity index (χ0n) is 15.7. The number of rotatable bonds is 14. The molecule has 0 aliphatic rings. The number of hydrogen-bond acceptors (Lipinski definition) is 1. The number of hydrogen-bond donors (Lipinski definition) is 0. The van der Waals surface area contributed by atoms with Gasteiger partial charge >= 0.3 is 0 Å². The van der Waals surface area contributed by atoms with Crippen LogP contribution in [0.2, 0.25) is 0 Å². The Balaban J connectivity index is 3.13. The van der Waals surface area contributed by atoms with Crippen molar-refractivity contribution in [1.29, 1.82) is 0 Å². The standard InChI is InChI=1S/C22H38O/c1-3-5-7-9-11-13-15-17-19-21-23-22-20-18-16-14-12-10-8-6-4-2/h3-10,15-22H2,1-2H3. The molecule has 0 aliphatic heterocycles. The van der Waals surface area contributed by atoms with Gasteiger partial charge in [-0.3, -0.25) is 0 Å². The van der Waals surface area contributed by atoms with Crippen molar-refractivity contribution in [2.75, 3.05) is 13.2 Å². The lowest BCUT2D eigenvalue weighted by molar-refractivity contribution is 0.127. The first-order valence-corrected chi connectivity index (χ1v) is 9.91. The highest BCUT2D eigenvalue weighted by atomic mass is 16.5. The fraction of sp³-hybridized carbons (Fsp3) is 0.818. The molecule has 1 nitrogen and oxygen atoms in total. The maximum atomic E-state index is 5.66. The summed E-state index contributed by atoms with van der Waals surface area (Å²) in [6, 6.07) is 0. The van der Waals surface area contributed by atoms with Crippen molar-refractivity contribution in [3.8, 4) is 23.7 Å². The molecule has 0 saturated heterocycles. The molecular weight excluding hydrogens is 280 g/mol. The molecule has 0 unspecified atom stereocenters. The van der Waals surface area contributed by atoms with Crippen LogP contribution in [0.4, 0.5) is 0 Å². The Morgan fingerprint density at radius 1 is 0.478 bits per heavy atom. The molecule has 0 rings (SSSR count). The van der Waals surface area contributed by atoms with Gasteiger partial charge in [0.2, 0.25) is 0 Å². The number of ether oxygens (including phenoxy) is 1. The summed E-state index contributed by atoms with van der Waals surface area (Å²) in [5.41, 5.74) is 0. The molecule has 23 heavy (non-hydrogen) atoms. The van der Waals surface area contributed by atoms with Crippen LogP contribution in [0.15, 0.2) is 0 Å². The topological polar surface area (TPSA) is 9.23 Å². The third-order valence-electron chi connectivity index (χ3n) is 3.74. The van der Waals surface area contributed by atoms with Crippen LogP contribution in [-0.2, 0) is 4.74 Å². The molecule has 1 heteroatoms. The highest BCUT2D eigenvalue weighted by Gasteiger charge is 1.90. The minimum absolute atomic E-state index is 0.889. The van der Waals surface area contributed by atoms with E-state index < -0.39 is 0 Å². The first-order chi connectivity index (χ1) is 11.4. The van der Waals surface area contributed by atoms with Crippen molar-refractivity contribution in [3.63, 3.8) is 0 Å². The first-order valence-electron chi connectivity index (χ1n) is 9.91. The lowest BCUT2D eigenvalue weighted by atomic mass is 10.2. The van der Waals surface area contributed by atoms with Crippen molar-refractivity contribution in [2.24, 2.45) is 0 Å². The molecule has 0 aromatic rings. The van der Waals surface area contributed by atoms with E-state index in [0.717, 1.165) is 51.7 Å². The van der Waals surface area contributed by atoms with Crippen LogP contribution in [-0.4, -0.2) is 13.2 Å². The lowest BCUT2D eigenvalue weighted by Gasteiger charge is -2.01. The van der Waals surface area contributed by atoms with Gasteiger partial charge in [0.1, 0.15) is 0 Å². The van der Waals surface area contributed by atoms with E-state index in [4.69, 9.17) is 4.74 Å². The molecule has 0 spiro atoms. The number of unbranched alkanes of at least 4 members (excludes halogenated alkanes) is 10. The predicted molar refractivity (Wildman–Crippen MR) is 102 cm³/mol.